The lowest BCUT2D eigenvalue weighted by molar-refractivity contribution is -0.114. The van der Waals surface area contributed by atoms with Crippen LogP contribution in [0.5, 0.6) is 0 Å². The van der Waals surface area contributed by atoms with Crippen molar-refractivity contribution >= 4 is 29.5 Å². The zero-order valence-electron chi connectivity index (χ0n) is 17.2. The van der Waals surface area contributed by atoms with Crippen LogP contribution in [0.2, 0.25) is 0 Å². The smallest absolute Gasteiger partial charge is 0.338 e. The molecule has 0 radical (unpaired) electrons. The molecular formula is C24H24N2O4. The van der Waals surface area contributed by atoms with Crippen LogP contribution in [0.3, 0.4) is 0 Å². The van der Waals surface area contributed by atoms with Crippen molar-refractivity contribution in [2.75, 3.05) is 11.9 Å². The molecule has 0 unspecified atom stereocenters. The van der Waals surface area contributed by atoms with E-state index in [1.165, 1.54) is 6.92 Å². The van der Waals surface area contributed by atoms with E-state index >= 15 is 0 Å². The molecule has 1 aromatic heterocycles. The summed E-state index contributed by atoms with van der Waals surface area (Å²) in [6, 6.07) is 18.0. The Kier molecular flexibility index (Phi) is 6.80. The number of nitrogens with zero attached hydrogens (tertiary/aromatic N) is 1. The predicted molar refractivity (Wildman–Crippen MR) is 117 cm³/mol. The molecular weight excluding hydrogens is 380 g/mol. The molecule has 3 rings (SSSR count). The van der Waals surface area contributed by atoms with Gasteiger partial charge in [0.15, 0.2) is 0 Å². The molecule has 0 saturated heterocycles. The first-order chi connectivity index (χ1) is 14.4. The fourth-order valence-electron chi connectivity index (χ4n) is 2.67. The van der Waals surface area contributed by atoms with Crippen LogP contribution in [0.1, 0.15) is 36.9 Å². The van der Waals surface area contributed by atoms with E-state index in [2.05, 4.69) is 10.3 Å². The van der Waals surface area contributed by atoms with Crippen LogP contribution in [-0.2, 0) is 9.53 Å². The molecule has 0 aliphatic rings. The number of furan rings is 1. The average molecular weight is 404 g/mol. The lowest BCUT2D eigenvalue weighted by Crippen LogP contribution is -2.10. The number of benzene rings is 2. The number of carbonyl (C=O) groups excluding carboxylic acids is 2. The summed E-state index contributed by atoms with van der Waals surface area (Å²) in [5, 5.41) is 2.71. The standard InChI is InChI=1S/C24H24N2O4/c1-16(2)15-29-24(28)19-6-4-5-18(13-19)23-12-11-22(30-23)14-25-20-7-9-21(10-8-20)26-17(3)27/h4-14,16H,15H2,1-3H3,(H,26,27). The fourth-order valence-corrected chi connectivity index (χ4v) is 2.67. The number of nitrogens with one attached hydrogen (secondary N) is 1. The van der Waals surface area contributed by atoms with Crippen molar-refractivity contribution in [2.45, 2.75) is 20.8 Å². The molecule has 6 nitrogen and oxygen atoms in total. The van der Waals surface area contributed by atoms with Gasteiger partial charge in [0.05, 0.1) is 24.1 Å². The minimum Gasteiger partial charge on any atom is -0.462 e. The number of hydrogen-bond acceptors (Lipinski definition) is 5. The van der Waals surface area contributed by atoms with E-state index in [-0.39, 0.29) is 17.8 Å². The normalized spacial score (nSPS) is 11.1. The molecule has 0 spiro atoms. The van der Waals surface area contributed by atoms with E-state index < -0.39 is 0 Å². The number of rotatable bonds is 7. The van der Waals surface area contributed by atoms with Crippen molar-refractivity contribution in [3.8, 4) is 11.3 Å². The van der Waals surface area contributed by atoms with Crippen molar-refractivity contribution in [3.63, 3.8) is 0 Å². The first-order valence-corrected chi connectivity index (χ1v) is 9.70. The Bertz CT molecular complexity index is 1050. The van der Waals surface area contributed by atoms with Crippen LogP contribution in [0.25, 0.3) is 11.3 Å². The molecule has 154 valence electrons. The van der Waals surface area contributed by atoms with Gasteiger partial charge in [0.2, 0.25) is 5.91 Å². The number of aliphatic imine (C=N–C) groups is 1. The van der Waals surface area contributed by atoms with Gasteiger partial charge < -0.3 is 14.5 Å². The maximum absolute atomic E-state index is 12.2. The minimum absolute atomic E-state index is 0.119. The summed E-state index contributed by atoms with van der Waals surface area (Å²) in [6.45, 7) is 5.83. The Balaban J connectivity index is 1.69. The van der Waals surface area contributed by atoms with E-state index in [9.17, 15) is 9.59 Å². The predicted octanol–water partition coefficient (Wildman–Crippen LogP) is 5.47. The van der Waals surface area contributed by atoms with E-state index in [0.29, 0.717) is 29.4 Å². The molecule has 0 atom stereocenters. The molecule has 3 aromatic rings. The van der Waals surface area contributed by atoms with E-state index in [1.807, 2.05) is 32.0 Å². The van der Waals surface area contributed by atoms with Gasteiger partial charge in [-0.1, -0.05) is 26.0 Å². The third-order valence-electron chi connectivity index (χ3n) is 4.09. The first-order valence-electron chi connectivity index (χ1n) is 9.70. The summed E-state index contributed by atoms with van der Waals surface area (Å²) in [5.41, 5.74) is 2.72. The summed E-state index contributed by atoms with van der Waals surface area (Å²) >= 11 is 0. The number of esters is 1. The van der Waals surface area contributed by atoms with Gasteiger partial charge in [-0.2, -0.15) is 0 Å². The van der Waals surface area contributed by atoms with Crippen molar-refractivity contribution < 1.29 is 18.7 Å². The highest BCUT2D eigenvalue weighted by atomic mass is 16.5. The molecule has 2 aromatic carbocycles. The molecule has 1 N–H and O–H groups in total. The lowest BCUT2D eigenvalue weighted by Gasteiger charge is -2.07. The molecule has 30 heavy (non-hydrogen) atoms. The van der Waals surface area contributed by atoms with Gasteiger partial charge in [-0.25, -0.2) is 4.79 Å². The second-order valence-electron chi connectivity index (χ2n) is 7.26. The monoisotopic (exact) mass is 404 g/mol. The molecule has 0 aliphatic heterocycles. The third-order valence-corrected chi connectivity index (χ3v) is 4.09. The van der Waals surface area contributed by atoms with Gasteiger partial charge in [-0.05, 0) is 54.4 Å². The zero-order chi connectivity index (χ0) is 21.5. The van der Waals surface area contributed by atoms with Crippen molar-refractivity contribution in [2.24, 2.45) is 10.9 Å². The molecule has 0 saturated carbocycles. The Morgan fingerprint density at radius 3 is 2.57 bits per heavy atom. The van der Waals surface area contributed by atoms with Gasteiger partial charge in [0.25, 0.3) is 0 Å². The fraction of sp³-hybridized carbons (Fsp3) is 0.208. The highest BCUT2D eigenvalue weighted by Gasteiger charge is 2.11. The summed E-state index contributed by atoms with van der Waals surface area (Å²) in [4.78, 5) is 27.6. The SMILES string of the molecule is CC(=O)Nc1ccc(N=Cc2ccc(-c3cccc(C(=O)OCC(C)C)c3)o2)cc1. The van der Waals surface area contributed by atoms with Gasteiger partial charge in [-0.15, -0.1) is 0 Å². The van der Waals surface area contributed by atoms with Gasteiger partial charge in [-0.3, -0.25) is 9.79 Å². The Labute approximate surface area is 175 Å². The maximum atomic E-state index is 12.2. The topological polar surface area (TPSA) is 80.9 Å². The van der Waals surface area contributed by atoms with E-state index in [1.54, 1.807) is 48.7 Å². The number of amides is 1. The molecule has 0 aliphatic carbocycles. The summed E-state index contributed by atoms with van der Waals surface area (Å²) in [6.07, 6.45) is 1.62. The van der Waals surface area contributed by atoms with Crippen LogP contribution in [-0.4, -0.2) is 24.7 Å². The number of anilines is 1. The molecule has 6 heteroatoms. The highest BCUT2D eigenvalue weighted by molar-refractivity contribution is 5.91. The zero-order valence-corrected chi connectivity index (χ0v) is 17.2. The Morgan fingerprint density at radius 1 is 1.10 bits per heavy atom. The number of carbonyl (C=O) groups is 2. The summed E-state index contributed by atoms with van der Waals surface area (Å²) < 4.78 is 11.1. The average Bonchev–Trinajstić information content (AvgIpc) is 3.20. The quantitative estimate of drug-likeness (QED) is 0.418. The first kappa shape index (κ1) is 21.0. The molecule has 1 heterocycles. The summed E-state index contributed by atoms with van der Waals surface area (Å²) in [7, 11) is 0. The van der Waals surface area contributed by atoms with Gasteiger partial charge in [0, 0.05) is 18.2 Å². The largest absolute Gasteiger partial charge is 0.462 e. The second kappa shape index (κ2) is 9.69. The Morgan fingerprint density at radius 2 is 1.87 bits per heavy atom. The van der Waals surface area contributed by atoms with E-state index in [4.69, 9.17) is 9.15 Å². The van der Waals surface area contributed by atoms with Crippen LogP contribution in [0.15, 0.2) is 70.1 Å². The van der Waals surface area contributed by atoms with Crippen molar-refractivity contribution in [1.82, 2.24) is 0 Å². The highest BCUT2D eigenvalue weighted by Crippen LogP contribution is 2.24. The maximum Gasteiger partial charge on any atom is 0.338 e. The molecule has 1 amide bonds. The van der Waals surface area contributed by atoms with E-state index in [0.717, 1.165) is 11.3 Å². The summed E-state index contributed by atoms with van der Waals surface area (Å²) in [5.74, 6) is 1.04. The van der Waals surface area contributed by atoms with Crippen LogP contribution >= 0.6 is 0 Å². The van der Waals surface area contributed by atoms with Crippen molar-refractivity contribution in [3.05, 3.63) is 72.0 Å². The van der Waals surface area contributed by atoms with Gasteiger partial charge >= 0.3 is 5.97 Å². The van der Waals surface area contributed by atoms with Crippen LogP contribution < -0.4 is 5.32 Å². The molecule has 0 fully saturated rings. The second-order valence-corrected chi connectivity index (χ2v) is 7.26. The minimum atomic E-state index is -0.346. The Hall–Kier alpha value is -3.67. The third kappa shape index (κ3) is 5.91. The van der Waals surface area contributed by atoms with Crippen LogP contribution in [0.4, 0.5) is 11.4 Å². The lowest BCUT2D eigenvalue weighted by atomic mass is 10.1. The van der Waals surface area contributed by atoms with Crippen LogP contribution in [0, 0.1) is 5.92 Å². The number of hydrogen-bond donors (Lipinski definition) is 1. The number of ether oxygens (including phenoxy) is 1. The van der Waals surface area contributed by atoms with Gasteiger partial charge in [0.1, 0.15) is 11.5 Å². The molecule has 0 bridgehead atoms. The van der Waals surface area contributed by atoms with Crippen molar-refractivity contribution in [1.29, 1.82) is 0 Å².